The number of ether oxygens (including phenoxy) is 1. The van der Waals surface area contributed by atoms with Crippen molar-refractivity contribution in [3.8, 4) is 0 Å². The first-order chi connectivity index (χ1) is 10.6. The van der Waals surface area contributed by atoms with Crippen LogP contribution in [-0.4, -0.2) is 28.0 Å². The molecule has 1 aromatic carbocycles. The van der Waals surface area contributed by atoms with Gasteiger partial charge in [0, 0.05) is 0 Å². The highest BCUT2D eigenvalue weighted by Gasteiger charge is 2.17. The number of carbonyl (C=O) groups is 1. The molecule has 1 aromatic heterocycles. The van der Waals surface area contributed by atoms with Crippen LogP contribution in [0.3, 0.4) is 0 Å². The number of hydrogen-bond acceptors (Lipinski definition) is 6. The van der Waals surface area contributed by atoms with E-state index in [1.54, 1.807) is 24.3 Å². The lowest BCUT2D eigenvalue weighted by molar-refractivity contribution is -0.427. The number of imidazole rings is 1. The van der Waals surface area contributed by atoms with E-state index >= 15 is 0 Å². The lowest BCUT2D eigenvalue weighted by atomic mass is 10.2. The average molecular weight is 300 g/mol. The quantitative estimate of drug-likeness (QED) is 0.508. The van der Waals surface area contributed by atoms with Crippen LogP contribution in [0.5, 0.6) is 0 Å². The van der Waals surface area contributed by atoms with E-state index < -0.39 is 10.9 Å². The van der Waals surface area contributed by atoms with E-state index in [9.17, 15) is 14.9 Å². The van der Waals surface area contributed by atoms with Crippen molar-refractivity contribution in [2.45, 2.75) is 6.42 Å². The summed E-state index contributed by atoms with van der Waals surface area (Å²) in [4.78, 5) is 29.2. The molecule has 0 saturated heterocycles. The highest BCUT2D eigenvalue weighted by atomic mass is 16.6. The molecule has 22 heavy (non-hydrogen) atoms. The topological polar surface area (TPSA) is 110 Å². The molecule has 3 rings (SSSR count). The molecule has 0 fully saturated rings. The van der Waals surface area contributed by atoms with Crippen LogP contribution in [0, 0.1) is 10.1 Å². The number of fused-ring (bicyclic) bond motifs is 1. The summed E-state index contributed by atoms with van der Waals surface area (Å²) < 4.78 is 4.67. The molecule has 2 N–H and O–H groups in total. The minimum Gasteiger partial charge on any atom is -0.465 e. The van der Waals surface area contributed by atoms with Crippen LogP contribution < -0.4 is 5.32 Å². The zero-order valence-electron chi connectivity index (χ0n) is 11.6. The van der Waals surface area contributed by atoms with Crippen molar-refractivity contribution in [2.75, 3.05) is 7.11 Å². The summed E-state index contributed by atoms with van der Waals surface area (Å²) in [6, 6.07) is 4.99. The number of allylic oxidation sites excluding steroid dienone is 1. The van der Waals surface area contributed by atoms with Crippen LogP contribution in [0.2, 0.25) is 0 Å². The second kappa shape index (κ2) is 5.32. The summed E-state index contributed by atoms with van der Waals surface area (Å²) in [7, 11) is 1.32. The second-order valence-electron chi connectivity index (χ2n) is 4.67. The summed E-state index contributed by atoms with van der Waals surface area (Å²) in [5.74, 6) is 0.127. The van der Waals surface area contributed by atoms with Crippen molar-refractivity contribution in [3.63, 3.8) is 0 Å². The number of hydrogen-bond donors (Lipinski definition) is 2. The van der Waals surface area contributed by atoms with Gasteiger partial charge in [0.05, 0.1) is 46.9 Å². The van der Waals surface area contributed by atoms with Gasteiger partial charge in [0.1, 0.15) is 0 Å². The molecule has 8 heteroatoms. The molecule has 8 nitrogen and oxygen atoms in total. The number of nitro groups is 1. The van der Waals surface area contributed by atoms with Crippen molar-refractivity contribution in [1.82, 2.24) is 15.3 Å². The summed E-state index contributed by atoms with van der Waals surface area (Å²) in [6.45, 7) is 0. The summed E-state index contributed by atoms with van der Waals surface area (Å²) in [5.41, 5.74) is 2.54. The molecule has 1 aliphatic heterocycles. The number of methoxy groups -OCH3 is 1. The number of aromatic amines is 1. The minimum absolute atomic E-state index is 0.0906. The van der Waals surface area contributed by atoms with Crippen LogP contribution in [0.15, 0.2) is 36.2 Å². The lowest BCUT2D eigenvalue weighted by Gasteiger charge is -2.08. The van der Waals surface area contributed by atoms with Gasteiger partial charge in [0.25, 0.3) is 5.70 Å². The Bertz CT molecular complexity index is 834. The Labute approximate surface area is 124 Å². The fourth-order valence-electron chi connectivity index (χ4n) is 2.16. The average Bonchev–Trinajstić information content (AvgIpc) is 2.97. The number of nitrogens with zero attached hydrogens (tertiary/aromatic N) is 2. The molecule has 112 valence electrons. The summed E-state index contributed by atoms with van der Waals surface area (Å²) >= 11 is 0. The van der Waals surface area contributed by atoms with E-state index in [1.165, 1.54) is 13.3 Å². The van der Waals surface area contributed by atoms with Gasteiger partial charge in [-0.25, -0.2) is 9.78 Å². The first-order valence-electron chi connectivity index (χ1n) is 6.47. The Balaban J connectivity index is 1.90. The SMILES string of the molecule is COC(=O)c1ccc2nc(C3=CCC([N+](=O)[O-])=CN3)[nH]c2c1. The van der Waals surface area contributed by atoms with E-state index in [2.05, 4.69) is 20.0 Å². The molecule has 1 aliphatic rings. The normalized spacial score (nSPS) is 14.0. The molecule has 0 bridgehead atoms. The zero-order valence-corrected chi connectivity index (χ0v) is 11.6. The Hall–Kier alpha value is -3.16. The first-order valence-corrected chi connectivity index (χ1v) is 6.47. The molecular weight excluding hydrogens is 288 g/mol. The maximum absolute atomic E-state index is 11.5. The fourth-order valence-corrected chi connectivity index (χ4v) is 2.16. The summed E-state index contributed by atoms with van der Waals surface area (Å²) in [6.07, 6.45) is 3.26. The van der Waals surface area contributed by atoms with Gasteiger partial charge in [-0.2, -0.15) is 0 Å². The maximum atomic E-state index is 11.5. The van der Waals surface area contributed by atoms with Gasteiger partial charge < -0.3 is 15.0 Å². The standard InChI is InChI=1S/C14H12N4O4/c1-22-14(19)8-2-4-10-12(6-8)17-13(16-10)11-5-3-9(7-15-11)18(20)21/h2,4-7,15H,3H2,1H3,(H,16,17). The Morgan fingerprint density at radius 3 is 2.91 bits per heavy atom. The second-order valence-corrected chi connectivity index (χ2v) is 4.67. The van der Waals surface area contributed by atoms with Crippen LogP contribution >= 0.6 is 0 Å². The monoisotopic (exact) mass is 300 g/mol. The number of nitrogens with one attached hydrogen (secondary N) is 2. The van der Waals surface area contributed by atoms with Crippen molar-refractivity contribution in [1.29, 1.82) is 0 Å². The first kappa shape index (κ1) is 13.8. The molecular formula is C14H12N4O4. The number of esters is 1. The zero-order chi connectivity index (χ0) is 15.7. The number of H-pyrrole nitrogens is 1. The van der Waals surface area contributed by atoms with Gasteiger partial charge in [0.15, 0.2) is 5.82 Å². The van der Waals surface area contributed by atoms with Gasteiger partial charge >= 0.3 is 5.97 Å². The van der Waals surface area contributed by atoms with E-state index in [4.69, 9.17) is 0 Å². The molecule has 0 unspecified atom stereocenters. The molecule has 2 aromatic rings. The van der Waals surface area contributed by atoms with Crippen molar-refractivity contribution in [2.24, 2.45) is 0 Å². The molecule has 0 spiro atoms. The number of benzene rings is 1. The molecule has 0 amide bonds. The van der Waals surface area contributed by atoms with Crippen LogP contribution in [0.4, 0.5) is 0 Å². The highest BCUT2D eigenvalue weighted by Crippen LogP contribution is 2.21. The summed E-state index contributed by atoms with van der Waals surface area (Å²) in [5, 5.41) is 13.5. The van der Waals surface area contributed by atoms with Crippen molar-refractivity contribution in [3.05, 3.63) is 57.7 Å². The van der Waals surface area contributed by atoms with E-state index in [1.807, 2.05) is 0 Å². The van der Waals surface area contributed by atoms with E-state index in [0.717, 1.165) is 0 Å². The van der Waals surface area contributed by atoms with Crippen LogP contribution in [0.1, 0.15) is 22.6 Å². The third-order valence-corrected chi connectivity index (χ3v) is 3.30. The molecule has 0 atom stereocenters. The van der Waals surface area contributed by atoms with Gasteiger partial charge in [-0.15, -0.1) is 0 Å². The van der Waals surface area contributed by atoms with Crippen molar-refractivity contribution >= 4 is 22.7 Å². The van der Waals surface area contributed by atoms with Gasteiger partial charge in [-0.1, -0.05) is 0 Å². The van der Waals surface area contributed by atoms with Crippen molar-refractivity contribution < 1.29 is 14.5 Å². The number of dihydropyridines is 1. The molecule has 2 heterocycles. The number of carbonyl (C=O) groups excluding carboxylic acids is 1. The highest BCUT2D eigenvalue weighted by molar-refractivity contribution is 5.93. The largest absolute Gasteiger partial charge is 0.465 e. The number of rotatable bonds is 3. The smallest absolute Gasteiger partial charge is 0.337 e. The van der Waals surface area contributed by atoms with Crippen LogP contribution in [0.25, 0.3) is 16.7 Å². The molecule has 0 saturated carbocycles. The van der Waals surface area contributed by atoms with E-state index in [0.29, 0.717) is 28.1 Å². The van der Waals surface area contributed by atoms with Gasteiger partial charge in [-0.05, 0) is 24.3 Å². The van der Waals surface area contributed by atoms with Gasteiger partial charge in [-0.3, -0.25) is 10.1 Å². The fraction of sp³-hybridized carbons (Fsp3) is 0.143. The third-order valence-electron chi connectivity index (χ3n) is 3.30. The van der Waals surface area contributed by atoms with Gasteiger partial charge in [0.2, 0.25) is 0 Å². The lowest BCUT2D eigenvalue weighted by Crippen LogP contribution is -2.14. The predicted molar refractivity (Wildman–Crippen MR) is 78.2 cm³/mol. The Morgan fingerprint density at radius 2 is 2.27 bits per heavy atom. The van der Waals surface area contributed by atoms with E-state index in [-0.39, 0.29) is 12.1 Å². The maximum Gasteiger partial charge on any atom is 0.337 e. The van der Waals surface area contributed by atoms with Crippen LogP contribution in [-0.2, 0) is 4.74 Å². The number of aromatic nitrogens is 2. The predicted octanol–water partition coefficient (Wildman–Crippen LogP) is 1.80. The minimum atomic E-state index is -0.429. The molecule has 0 radical (unpaired) electrons. The third kappa shape index (κ3) is 2.41. The molecule has 0 aliphatic carbocycles. The Morgan fingerprint density at radius 1 is 1.45 bits per heavy atom. The Kier molecular flexibility index (Phi) is 3.34.